The molecular weight excluding hydrogens is 232 g/mol. The van der Waals surface area contributed by atoms with Crippen molar-refractivity contribution in [1.29, 1.82) is 0 Å². The van der Waals surface area contributed by atoms with E-state index in [0.717, 1.165) is 6.54 Å². The summed E-state index contributed by atoms with van der Waals surface area (Å²) < 4.78 is 9.88. The van der Waals surface area contributed by atoms with Gasteiger partial charge in [-0.05, 0) is 33.1 Å². The molecule has 1 aliphatic carbocycles. The van der Waals surface area contributed by atoms with Crippen LogP contribution >= 0.6 is 0 Å². The molecule has 2 N–H and O–H groups in total. The Hall–Kier alpha value is -0.650. The fraction of sp³-hybridized carbons (Fsp3) is 0.923. The minimum atomic E-state index is -0.922. The predicted octanol–water partition coefficient (Wildman–Crippen LogP) is 0.766. The summed E-state index contributed by atoms with van der Waals surface area (Å²) in [5.74, 6) is -0.350. The smallest absolute Gasteiger partial charge is 0.325 e. The van der Waals surface area contributed by atoms with E-state index in [1.165, 1.54) is 20.0 Å². The fourth-order valence-corrected chi connectivity index (χ4v) is 2.41. The van der Waals surface area contributed by atoms with Gasteiger partial charge in [0.25, 0.3) is 0 Å². The van der Waals surface area contributed by atoms with Crippen molar-refractivity contribution in [3.8, 4) is 0 Å². The second kappa shape index (κ2) is 6.50. The largest absolute Gasteiger partial charge is 0.468 e. The minimum Gasteiger partial charge on any atom is -0.468 e. The molecule has 0 aromatic rings. The number of hydrogen-bond donors (Lipinski definition) is 1. The molecule has 0 bridgehead atoms. The second-order valence-corrected chi connectivity index (χ2v) is 5.42. The number of esters is 1. The summed E-state index contributed by atoms with van der Waals surface area (Å²) in [5, 5.41) is 0. The van der Waals surface area contributed by atoms with Crippen LogP contribution in [0.1, 0.15) is 33.1 Å². The van der Waals surface area contributed by atoms with E-state index in [1.807, 2.05) is 0 Å². The summed E-state index contributed by atoms with van der Waals surface area (Å²) in [6, 6.07) is 0.880. The molecule has 106 valence electrons. The molecule has 1 fully saturated rings. The molecule has 2 unspecified atom stereocenters. The molecule has 0 saturated heterocycles. The summed E-state index contributed by atoms with van der Waals surface area (Å²) in [5.41, 5.74) is 5.10. The van der Waals surface area contributed by atoms with E-state index in [1.54, 1.807) is 14.0 Å². The first kappa shape index (κ1) is 15.4. The molecule has 2 atom stereocenters. The zero-order chi connectivity index (χ0) is 13.8. The van der Waals surface area contributed by atoms with Crippen molar-refractivity contribution in [3.05, 3.63) is 0 Å². The van der Waals surface area contributed by atoms with Crippen LogP contribution in [0.3, 0.4) is 0 Å². The van der Waals surface area contributed by atoms with Crippen molar-refractivity contribution < 1.29 is 14.3 Å². The van der Waals surface area contributed by atoms with Gasteiger partial charge in [-0.1, -0.05) is 0 Å². The van der Waals surface area contributed by atoms with Gasteiger partial charge in [-0.25, -0.2) is 0 Å². The van der Waals surface area contributed by atoms with E-state index in [-0.39, 0.29) is 12.0 Å². The fourth-order valence-electron chi connectivity index (χ4n) is 2.41. The molecular formula is C13H26N2O3. The number of hydrogen-bond acceptors (Lipinski definition) is 5. The molecule has 1 rings (SSSR count). The average molecular weight is 258 g/mol. The highest BCUT2D eigenvalue weighted by Gasteiger charge is 2.37. The highest BCUT2D eigenvalue weighted by molar-refractivity contribution is 5.79. The van der Waals surface area contributed by atoms with Gasteiger partial charge in [0.05, 0.1) is 13.7 Å². The van der Waals surface area contributed by atoms with Gasteiger partial charge in [0.2, 0.25) is 0 Å². The van der Waals surface area contributed by atoms with Crippen molar-refractivity contribution >= 4 is 5.97 Å². The minimum absolute atomic E-state index is 0.252. The summed E-state index contributed by atoms with van der Waals surface area (Å²) in [6.45, 7) is 5.44. The first-order valence-corrected chi connectivity index (χ1v) is 6.54. The Bertz CT molecular complexity index is 277. The van der Waals surface area contributed by atoms with Gasteiger partial charge in [-0.2, -0.15) is 0 Å². The summed E-state index contributed by atoms with van der Waals surface area (Å²) >= 11 is 0. The molecule has 1 saturated carbocycles. The summed E-state index contributed by atoms with van der Waals surface area (Å²) in [4.78, 5) is 14.0. The molecule has 0 radical (unpaired) electrons. The van der Waals surface area contributed by atoms with Crippen LogP contribution in [0.2, 0.25) is 0 Å². The Morgan fingerprint density at radius 3 is 2.56 bits per heavy atom. The lowest BCUT2D eigenvalue weighted by atomic mass is 9.94. The van der Waals surface area contributed by atoms with Gasteiger partial charge < -0.3 is 15.2 Å². The second-order valence-electron chi connectivity index (χ2n) is 5.42. The van der Waals surface area contributed by atoms with E-state index in [4.69, 9.17) is 15.2 Å². The van der Waals surface area contributed by atoms with Crippen LogP contribution in [0.25, 0.3) is 0 Å². The van der Waals surface area contributed by atoms with Crippen LogP contribution in [-0.4, -0.2) is 55.9 Å². The van der Waals surface area contributed by atoms with Crippen molar-refractivity contribution in [2.45, 2.75) is 50.7 Å². The zero-order valence-corrected chi connectivity index (χ0v) is 11.9. The van der Waals surface area contributed by atoms with Gasteiger partial charge in [-0.15, -0.1) is 0 Å². The number of ether oxygens (including phenoxy) is 2. The molecule has 5 nitrogen and oxygen atoms in total. The van der Waals surface area contributed by atoms with E-state index < -0.39 is 5.54 Å². The zero-order valence-electron chi connectivity index (χ0n) is 11.9. The SMILES string of the molecule is COCCN(C(C)CC(C)(N)C(=O)OC)C1CC1. The number of nitrogens with zero attached hydrogens (tertiary/aromatic N) is 1. The summed E-state index contributed by atoms with van der Waals surface area (Å²) in [6.07, 6.45) is 3.06. The predicted molar refractivity (Wildman–Crippen MR) is 70.3 cm³/mol. The van der Waals surface area contributed by atoms with E-state index >= 15 is 0 Å². The molecule has 0 amide bonds. The van der Waals surface area contributed by atoms with E-state index in [2.05, 4.69) is 11.8 Å². The van der Waals surface area contributed by atoms with Crippen LogP contribution in [0, 0.1) is 0 Å². The Balaban J connectivity index is 2.54. The standard InChI is InChI=1S/C13H26N2O3/c1-10(9-13(2,14)12(16)18-4)15(7-8-17-3)11-5-6-11/h10-11H,5-9,14H2,1-4H3. The molecule has 0 aromatic carbocycles. The number of rotatable bonds is 8. The average Bonchev–Trinajstić information content (AvgIpc) is 3.12. The highest BCUT2D eigenvalue weighted by Crippen LogP contribution is 2.30. The number of carbonyl (C=O) groups excluding carboxylic acids is 1. The maximum atomic E-state index is 11.6. The van der Waals surface area contributed by atoms with Crippen molar-refractivity contribution in [2.75, 3.05) is 27.4 Å². The molecule has 0 aromatic heterocycles. The van der Waals surface area contributed by atoms with E-state index in [0.29, 0.717) is 19.1 Å². The van der Waals surface area contributed by atoms with Crippen LogP contribution in [0.15, 0.2) is 0 Å². The van der Waals surface area contributed by atoms with Crippen LogP contribution in [0.4, 0.5) is 0 Å². The number of nitrogens with two attached hydrogens (primary N) is 1. The third kappa shape index (κ3) is 4.23. The Labute approximate surface area is 110 Å². The molecule has 1 aliphatic rings. The molecule has 18 heavy (non-hydrogen) atoms. The lowest BCUT2D eigenvalue weighted by Crippen LogP contribution is -2.51. The van der Waals surface area contributed by atoms with Crippen molar-refractivity contribution in [2.24, 2.45) is 5.73 Å². The Morgan fingerprint density at radius 2 is 2.11 bits per heavy atom. The maximum Gasteiger partial charge on any atom is 0.325 e. The maximum absolute atomic E-state index is 11.6. The van der Waals surface area contributed by atoms with Crippen molar-refractivity contribution in [3.63, 3.8) is 0 Å². The lowest BCUT2D eigenvalue weighted by Gasteiger charge is -2.33. The lowest BCUT2D eigenvalue weighted by molar-refractivity contribution is -0.147. The van der Waals surface area contributed by atoms with Gasteiger partial charge in [-0.3, -0.25) is 9.69 Å². The Kier molecular flexibility index (Phi) is 5.56. The van der Waals surface area contributed by atoms with E-state index in [9.17, 15) is 4.79 Å². The molecule has 0 aliphatic heterocycles. The topological polar surface area (TPSA) is 64.8 Å². The third-order valence-electron chi connectivity index (χ3n) is 3.51. The Morgan fingerprint density at radius 1 is 1.50 bits per heavy atom. The first-order valence-electron chi connectivity index (χ1n) is 6.54. The molecule has 5 heteroatoms. The van der Waals surface area contributed by atoms with Crippen LogP contribution in [-0.2, 0) is 14.3 Å². The van der Waals surface area contributed by atoms with Gasteiger partial charge in [0.15, 0.2) is 0 Å². The number of methoxy groups -OCH3 is 2. The van der Waals surface area contributed by atoms with Gasteiger partial charge in [0.1, 0.15) is 5.54 Å². The van der Waals surface area contributed by atoms with Crippen LogP contribution < -0.4 is 5.73 Å². The quantitative estimate of drug-likeness (QED) is 0.651. The highest BCUT2D eigenvalue weighted by atomic mass is 16.5. The van der Waals surface area contributed by atoms with Crippen molar-refractivity contribution in [1.82, 2.24) is 4.90 Å². The van der Waals surface area contributed by atoms with Gasteiger partial charge in [0, 0.05) is 25.7 Å². The number of carbonyl (C=O) groups is 1. The van der Waals surface area contributed by atoms with Gasteiger partial charge >= 0.3 is 5.97 Å². The first-order chi connectivity index (χ1) is 8.42. The molecule has 0 spiro atoms. The normalized spacial score (nSPS) is 20.6. The molecule has 0 heterocycles. The third-order valence-corrected chi connectivity index (χ3v) is 3.51. The monoisotopic (exact) mass is 258 g/mol. The van der Waals surface area contributed by atoms with Crippen LogP contribution in [0.5, 0.6) is 0 Å². The summed E-state index contributed by atoms with van der Waals surface area (Å²) in [7, 11) is 3.08.